The maximum atomic E-state index is 12.4. The number of carbonyl (C=O) groups excluding carboxylic acids is 1. The summed E-state index contributed by atoms with van der Waals surface area (Å²) in [7, 11) is 0. The average molecular weight is 222 g/mol. The Morgan fingerprint density at radius 2 is 2.00 bits per heavy atom. The van der Waals surface area contributed by atoms with Crippen molar-refractivity contribution in [3.63, 3.8) is 0 Å². The first-order valence-electron chi connectivity index (χ1n) is 6.63. The van der Waals surface area contributed by atoms with Crippen LogP contribution < -0.4 is 0 Å². The van der Waals surface area contributed by atoms with Gasteiger partial charge in [-0.05, 0) is 37.5 Å². The Morgan fingerprint density at radius 3 is 2.69 bits per heavy atom. The molecule has 16 heavy (non-hydrogen) atoms. The van der Waals surface area contributed by atoms with Crippen molar-refractivity contribution in [3.05, 3.63) is 0 Å². The molecule has 2 bridgehead atoms. The van der Waals surface area contributed by atoms with E-state index in [1.54, 1.807) is 0 Å². The molecule has 0 radical (unpaired) electrons. The van der Waals surface area contributed by atoms with Crippen molar-refractivity contribution in [1.82, 2.24) is 0 Å². The molecule has 1 N–H and O–H groups in total. The van der Waals surface area contributed by atoms with Crippen LogP contribution in [-0.2, 0) is 4.79 Å². The number of rotatable bonds is 0. The lowest BCUT2D eigenvalue weighted by atomic mass is 9.55. The Labute approximate surface area is 97.4 Å². The monoisotopic (exact) mass is 222 g/mol. The fourth-order valence-electron chi connectivity index (χ4n) is 5.27. The minimum atomic E-state index is -0.231. The van der Waals surface area contributed by atoms with Crippen molar-refractivity contribution in [3.8, 4) is 0 Å². The molecular formula is C14H22O2. The number of hydrogen-bond acceptors (Lipinski definition) is 2. The van der Waals surface area contributed by atoms with Gasteiger partial charge < -0.3 is 5.11 Å². The van der Waals surface area contributed by atoms with Crippen LogP contribution in [0.2, 0.25) is 0 Å². The molecule has 5 unspecified atom stereocenters. The van der Waals surface area contributed by atoms with Crippen LogP contribution in [0.15, 0.2) is 0 Å². The maximum absolute atomic E-state index is 12.4. The Kier molecular flexibility index (Phi) is 1.95. The second-order valence-electron chi connectivity index (χ2n) is 6.88. The molecule has 0 amide bonds. The predicted molar refractivity (Wildman–Crippen MR) is 61.8 cm³/mol. The normalized spacial score (nSPS) is 54.1. The molecule has 0 aromatic rings. The summed E-state index contributed by atoms with van der Waals surface area (Å²) in [4.78, 5) is 12.4. The van der Waals surface area contributed by atoms with Crippen LogP contribution >= 0.6 is 0 Å². The second kappa shape index (κ2) is 2.90. The standard InChI is InChI=1S/C14H22O2/c1-8-4-5-10-13(2,3)12(16)9-6-11(15)14(8,10)7-9/h8-11,15H,4-7H2,1-3H3. The average Bonchev–Trinajstić information content (AvgIpc) is 2.69. The van der Waals surface area contributed by atoms with Gasteiger partial charge in [-0.3, -0.25) is 4.79 Å². The topological polar surface area (TPSA) is 37.3 Å². The third-order valence-corrected chi connectivity index (χ3v) is 6.06. The summed E-state index contributed by atoms with van der Waals surface area (Å²) in [6, 6.07) is 0. The highest BCUT2D eigenvalue weighted by Crippen LogP contribution is 2.67. The van der Waals surface area contributed by atoms with Gasteiger partial charge in [-0.1, -0.05) is 20.8 Å². The third kappa shape index (κ3) is 0.958. The molecule has 5 atom stereocenters. The molecule has 2 nitrogen and oxygen atoms in total. The van der Waals surface area contributed by atoms with E-state index in [1.807, 2.05) is 0 Å². The third-order valence-electron chi connectivity index (χ3n) is 6.06. The molecule has 0 aromatic heterocycles. The summed E-state index contributed by atoms with van der Waals surface area (Å²) >= 11 is 0. The van der Waals surface area contributed by atoms with E-state index in [0.29, 0.717) is 17.6 Å². The van der Waals surface area contributed by atoms with E-state index in [2.05, 4.69) is 20.8 Å². The molecule has 3 saturated carbocycles. The quantitative estimate of drug-likeness (QED) is 0.683. The zero-order chi connectivity index (χ0) is 11.7. The van der Waals surface area contributed by atoms with E-state index in [-0.39, 0.29) is 22.9 Å². The molecule has 3 fully saturated rings. The second-order valence-corrected chi connectivity index (χ2v) is 6.88. The Hall–Kier alpha value is -0.370. The highest BCUT2D eigenvalue weighted by molar-refractivity contribution is 5.88. The van der Waals surface area contributed by atoms with Crippen molar-refractivity contribution in [1.29, 1.82) is 0 Å². The zero-order valence-corrected chi connectivity index (χ0v) is 10.5. The summed E-state index contributed by atoms with van der Waals surface area (Å²) < 4.78 is 0. The number of fused-ring (bicyclic) bond motifs is 1. The molecule has 2 heteroatoms. The van der Waals surface area contributed by atoms with E-state index >= 15 is 0 Å². The van der Waals surface area contributed by atoms with Crippen LogP contribution in [0.3, 0.4) is 0 Å². The highest BCUT2D eigenvalue weighted by atomic mass is 16.3. The van der Waals surface area contributed by atoms with Crippen molar-refractivity contribution in [2.24, 2.45) is 28.6 Å². The van der Waals surface area contributed by atoms with E-state index in [0.717, 1.165) is 19.3 Å². The van der Waals surface area contributed by atoms with Gasteiger partial charge in [0.15, 0.2) is 0 Å². The van der Waals surface area contributed by atoms with Gasteiger partial charge in [0, 0.05) is 16.7 Å². The lowest BCUT2D eigenvalue weighted by molar-refractivity contribution is -0.144. The number of carbonyl (C=O) groups is 1. The van der Waals surface area contributed by atoms with Crippen LogP contribution in [0.1, 0.15) is 46.5 Å². The molecule has 3 aliphatic rings. The number of hydrogen-bond donors (Lipinski definition) is 1. The maximum Gasteiger partial charge on any atom is 0.141 e. The number of aliphatic hydroxyl groups excluding tert-OH is 1. The van der Waals surface area contributed by atoms with Gasteiger partial charge in [0.25, 0.3) is 0 Å². The Morgan fingerprint density at radius 1 is 1.31 bits per heavy atom. The summed E-state index contributed by atoms with van der Waals surface area (Å²) in [5.41, 5.74) is -0.132. The van der Waals surface area contributed by atoms with Crippen LogP contribution in [-0.4, -0.2) is 17.0 Å². The van der Waals surface area contributed by atoms with Gasteiger partial charge in [0.1, 0.15) is 5.78 Å². The zero-order valence-electron chi connectivity index (χ0n) is 10.5. The molecule has 0 aromatic carbocycles. The van der Waals surface area contributed by atoms with E-state index in [9.17, 15) is 9.90 Å². The largest absolute Gasteiger partial charge is 0.393 e. The van der Waals surface area contributed by atoms with Crippen LogP contribution in [0.4, 0.5) is 0 Å². The van der Waals surface area contributed by atoms with Gasteiger partial charge in [-0.15, -0.1) is 0 Å². The smallest absolute Gasteiger partial charge is 0.141 e. The van der Waals surface area contributed by atoms with Crippen LogP contribution in [0.5, 0.6) is 0 Å². The molecule has 0 heterocycles. The summed E-state index contributed by atoms with van der Waals surface area (Å²) in [5, 5.41) is 10.4. The van der Waals surface area contributed by atoms with E-state index in [4.69, 9.17) is 0 Å². The van der Waals surface area contributed by atoms with Crippen molar-refractivity contribution in [2.75, 3.05) is 0 Å². The van der Waals surface area contributed by atoms with Gasteiger partial charge in [0.05, 0.1) is 6.10 Å². The lowest BCUT2D eigenvalue weighted by Crippen LogP contribution is -2.50. The highest BCUT2D eigenvalue weighted by Gasteiger charge is 2.67. The van der Waals surface area contributed by atoms with Crippen LogP contribution in [0, 0.1) is 28.6 Å². The fraction of sp³-hybridized carbons (Fsp3) is 0.929. The van der Waals surface area contributed by atoms with E-state index < -0.39 is 0 Å². The first kappa shape index (κ1) is 10.8. The van der Waals surface area contributed by atoms with Crippen molar-refractivity contribution < 1.29 is 9.90 Å². The van der Waals surface area contributed by atoms with Gasteiger partial charge in [-0.25, -0.2) is 0 Å². The van der Waals surface area contributed by atoms with Gasteiger partial charge in [-0.2, -0.15) is 0 Å². The lowest BCUT2D eigenvalue weighted by Gasteiger charge is -2.48. The predicted octanol–water partition coefficient (Wildman–Crippen LogP) is 2.40. The number of aliphatic hydroxyl groups is 1. The molecule has 0 aliphatic heterocycles. The minimum absolute atomic E-state index is 0.0715. The van der Waals surface area contributed by atoms with Crippen molar-refractivity contribution >= 4 is 5.78 Å². The summed E-state index contributed by atoms with van der Waals surface area (Å²) in [6.07, 6.45) is 3.77. The van der Waals surface area contributed by atoms with Gasteiger partial charge >= 0.3 is 0 Å². The number of Topliss-reactive ketones (excluding diaryl/α,β-unsaturated/α-hetero) is 1. The molecule has 90 valence electrons. The molecular weight excluding hydrogens is 200 g/mol. The molecule has 3 aliphatic carbocycles. The molecule has 0 saturated heterocycles. The summed E-state index contributed by atoms with van der Waals surface area (Å²) in [5.74, 6) is 1.56. The van der Waals surface area contributed by atoms with Crippen LogP contribution in [0.25, 0.3) is 0 Å². The Balaban J connectivity index is 2.13. The number of ketones is 1. The Bertz CT molecular complexity index is 347. The summed E-state index contributed by atoms with van der Waals surface area (Å²) in [6.45, 7) is 6.49. The van der Waals surface area contributed by atoms with Gasteiger partial charge in [0.2, 0.25) is 0 Å². The first-order valence-corrected chi connectivity index (χ1v) is 6.63. The molecule has 3 rings (SSSR count). The SMILES string of the molecule is CC1CCC2C(C)(C)C(=O)C3CC(O)C12C3. The van der Waals surface area contributed by atoms with Crippen molar-refractivity contribution in [2.45, 2.75) is 52.6 Å². The first-order chi connectivity index (χ1) is 7.40. The minimum Gasteiger partial charge on any atom is -0.393 e. The fourth-order valence-corrected chi connectivity index (χ4v) is 5.27. The van der Waals surface area contributed by atoms with E-state index in [1.165, 1.54) is 6.42 Å². The molecule has 1 spiro atoms.